The predicted octanol–water partition coefficient (Wildman–Crippen LogP) is 7.01. The third-order valence-corrected chi connectivity index (χ3v) is 7.37. The van der Waals surface area contributed by atoms with Gasteiger partial charge in [-0.1, -0.05) is 83.5 Å². The zero-order valence-electron chi connectivity index (χ0n) is 20.6. The van der Waals surface area contributed by atoms with Gasteiger partial charge in [-0.3, -0.25) is 9.59 Å². The number of dihydropyridines is 1. The molecule has 1 aliphatic rings. The molecule has 4 rings (SSSR count). The molecule has 0 saturated carbocycles. The molecular weight excluding hydrogens is 539 g/mol. The zero-order valence-corrected chi connectivity index (χ0v) is 23.0. The van der Waals surface area contributed by atoms with E-state index in [1.165, 1.54) is 11.8 Å². The van der Waals surface area contributed by atoms with E-state index in [1.807, 2.05) is 61.5 Å². The number of carbonyl (C=O) groups is 2. The van der Waals surface area contributed by atoms with Crippen molar-refractivity contribution < 1.29 is 9.59 Å². The van der Waals surface area contributed by atoms with Gasteiger partial charge in [0.2, 0.25) is 5.91 Å². The quantitative estimate of drug-likeness (QED) is 0.288. The molecule has 3 aromatic carbocycles. The summed E-state index contributed by atoms with van der Waals surface area (Å²) in [5.74, 6) is -1.17. The first-order chi connectivity index (χ1) is 18.3. The van der Waals surface area contributed by atoms with Crippen molar-refractivity contribution >= 4 is 58.2 Å². The molecule has 0 saturated heterocycles. The van der Waals surface area contributed by atoms with Gasteiger partial charge < -0.3 is 16.0 Å². The molecule has 9 heteroatoms. The minimum Gasteiger partial charge on any atom is -0.353 e. The van der Waals surface area contributed by atoms with Gasteiger partial charge in [-0.15, -0.1) is 0 Å². The Balaban J connectivity index is 1.61. The van der Waals surface area contributed by atoms with Gasteiger partial charge in [-0.2, -0.15) is 5.26 Å². The lowest BCUT2D eigenvalue weighted by Crippen LogP contribution is -2.31. The summed E-state index contributed by atoms with van der Waals surface area (Å²) in [7, 11) is 0. The van der Waals surface area contributed by atoms with Crippen LogP contribution in [0.1, 0.15) is 24.0 Å². The van der Waals surface area contributed by atoms with Crippen LogP contribution in [-0.2, 0) is 9.59 Å². The average molecular weight is 564 g/mol. The Bertz CT molecular complexity index is 1480. The molecule has 38 heavy (non-hydrogen) atoms. The number of anilines is 2. The van der Waals surface area contributed by atoms with Gasteiger partial charge in [-0.05, 0) is 49.2 Å². The zero-order chi connectivity index (χ0) is 27.2. The molecule has 2 amide bonds. The predicted molar refractivity (Wildman–Crippen MR) is 155 cm³/mol. The van der Waals surface area contributed by atoms with Crippen molar-refractivity contribution in [3.8, 4) is 6.07 Å². The summed E-state index contributed by atoms with van der Waals surface area (Å²) in [6, 6.07) is 24.0. The fraction of sp³-hybridized carbons (Fsp3) is 0.138. The number of nitriles is 1. The monoisotopic (exact) mass is 562 g/mol. The largest absolute Gasteiger partial charge is 0.353 e. The summed E-state index contributed by atoms with van der Waals surface area (Å²) in [6.07, 6.45) is 0. The number of halogens is 2. The van der Waals surface area contributed by atoms with Crippen LogP contribution in [0.5, 0.6) is 0 Å². The summed E-state index contributed by atoms with van der Waals surface area (Å²) in [5, 5.41) is 20.5. The standard InChI is InChI=1S/C29H24Cl2N4O2S/c1-17-8-6-7-11-24(17)35-28(37)26-18(2)33-29(23(15-32)27(26)19-9-4-3-5-10-19)38-16-25(36)34-22-13-20(30)12-21(31)14-22/h3-14,27,33H,16H2,1-2H3,(H,34,36)(H,35,37). The van der Waals surface area contributed by atoms with E-state index in [0.717, 1.165) is 11.1 Å². The highest BCUT2D eigenvalue weighted by Gasteiger charge is 2.35. The molecule has 192 valence electrons. The Labute approximate surface area is 235 Å². The number of thioether (sulfide) groups is 1. The number of benzene rings is 3. The van der Waals surface area contributed by atoms with E-state index in [-0.39, 0.29) is 17.6 Å². The fourth-order valence-electron chi connectivity index (χ4n) is 4.17. The van der Waals surface area contributed by atoms with E-state index in [9.17, 15) is 14.9 Å². The van der Waals surface area contributed by atoms with Crippen LogP contribution >= 0.6 is 35.0 Å². The van der Waals surface area contributed by atoms with Crippen molar-refractivity contribution in [3.63, 3.8) is 0 Å². The molecule has 3 N–H and O–H groups in total. The van der Waals surface area contributed by atoms with Crippen LogP contribution in [0.2, 0.25) is 10.0 Å². The summed E-state index contributed by atoms with van der Waals surface area (Å²) in [4.78, 5) is 26.3. The maximum Gasteiger partial charge on any atom is 0.254 e. The summed E-state index contributed by atoms with van der Waals surface area (Å²) >= 11 is 13.2. The van der Waals surface area contributed by atoms with Gasteiger partial charge in [-0.25, -0.2) is 0 Å². The minimum atomic E-state index is -0.608. The normalized spacial score (nSPS) is 15.0. The molecule has 0 spiro atoms. The number of amides is 2. The summed E-state index contributed by atoms with van der Waals surface area (Å²) in [6.45, 7) is 3.72. The molecule has 0 aliphatic carbocycles. The van der Waals surface area contributed by atoms with E-state index in [2.05, 4.69) is 22.0 Å². The Morgan fingerprint density at radius 1 is 0.974 bits per heavy atom. The fourth-order valence-corrected chi connectivity index (χ4v) is 5.59. The smallest absolute Gasteiger partial charge is 0.254 e. The Hall–Kier alpha value is -3.70. The number of hydrogen-bond donors (Lipinski definition) is 3. The number of hydrogen-bond acceptors (Lipinski definition) is 5. The first-order valence-electron chi connectivity index (χ1n) is 11.7. The number of rotatable bonds is 7. The van der Waals surface area contributed by atoms with Crippen molar-refractivity contribution in [3.05, 3.63) is 116 Å². The third-order valence-electron chi connectivity index (χ3n) is 5.91. The van der Waals surface area contributed by atoms with Crippen LogP contribution in [0, 0.1) is 18.3 Å². The lowest BCUT2D eigenvalue weighted by atomic mass is 9.82. The van der Waals surface area contributed by atoms with Crippen LogP contribution < -0.4 is 16.0 Å². The van der Waals surface area contributed by atoms with Crippen molar-refractivity contribution in [1.82, 2.24) is 5.32 Å². The average Bonchev–Trinajstić information content (AvgIpc) is 2.88. The second-order valence-corrected chi connectivity index (χ2v) is 10.5. The van der Waals surface area contributed by atoms with Crippen molar-refractivity contribution in [1.29, 1.82) is 5.26 Å². The molecule has 1 unspecified atom stereocenters. The molecule has 0 aromatic heterocycles. The van der Waals surface area contributed by atoms with Gasteiger partial charge in [0.1, 0.15) is 0 Å². The molecule has 1 aliphatic heterocycles. The molecule has 1 heterocycles. The van der Waals surface area contributed by atoms with E-state index < -0.39 is 5.92 Å². The lowest BCUT2D eigenvalue weighted by molar-refractivity contribution is -0.114. The highest BCUT2D eigenvalue weighted by molar-refractivity contribution is 8.03. The maximum absolute atomic E-state index is 13.6. The van der Waals surface area contributed by atoms with Crippen molar-refractivity contribution in [2.75, 3.05) is 16.4 Å². The van der Waals surface area contributed by atoms with E-state index in [4.69, 9.17) is 23.2 Å². The topological polar surface area (TPSA) is 94.0 Å². The van der Waals surface area contributed by atoms with Crippen LogP contribution in [0.4, 0.5) is 11.4 Å². The van der Waals surface area contributed by atoms with Crippen molar-refractivity contribution in [2.45, 2.75) is 19.8 Å². The first kappa shape index (κ1) is 27.3. The Kier molecular flexibility index (Phi) is 8.80. The van der Waals surface area contributed by atoms with E-state index in [1.54, 1.807) is 25.1 Å². The number of aryl methyl sites for hydroxylation is 1. The molecule has 6 nitrogen and oxygen atoms in total. The van der Waals surface area contributed by atoms with Gasteiger partial charge in [0.15, 0.2) is 0 Å². The minimum absolute atomic E-state index is 0.0250. The molecular formula is C29H24Cl2N4O2S. The SMILES string of the molecule is CC1=C(C(=O)Nc2ccccc2C)C(c2ccccc2)C(C#N)=C(SCC(=O)Nc2cc(Cl)cc(Cl)c2)N1. The highest BCUT2D eigenvalue weighted by Crippen LogP contribution is 2.41. The van der Waals surface area contributed by atoms with E-state index in [0.29, 0.717) is 43.3 Å². The number of nitrogens with one attached hydrogen (secondary N) is 3. The van der Waals surface area contributed by atoms with Gasteiger partial charge in [0.25, 0.3) is 5.91 Å². The molecule has 0 fully saturated rings. The lowest BCUT2D eigenvalue weighted by Gasteiger charge is -2.30. The summed E-state index contributed by atoms with van der Waals surface area (Å²) < 4.78 is 0. The summed E-state index contributed by atoms with van der Waals surface area (Å²) in [5.41, 5.74) is 4.32. The Morgan fingerprint density at radius 2 is 1.63 bits per heavy atom. The van der Waals surface area contributed by atoms with Crippen molar-refractivity contribution in [2.24, 2.45) is 0 Å². The van der Waals surface area contributed by atoms with Gasteiger partial charge in [0.05, 0.1) is 28.3 Å². The van der Waals surface area contributed by atoms with Crippen LogP contribution in [-0.4, -0.2) is 17.6 Å². The van der Waals surface area contributed by atoms with Crippen LogP contribution in [0.3, 0.4) is 0 Å². The van der Waals surface area contributed by atoms with E-state index >= 15 is 0 Å². The second kappa shape index (κ2) is 12.2. The molecule has 0 radical (unpaired) electrons. The van der Waals surface area contributed by atoms with Gasteiger partial charge in [0, 0.05) is 32.7 Å². The number of nitrogens with zero attached hydrogens (tertiary/aromatic N) is 1. The van der Waals surface area contributed by atoms with Crippen LogP contribution in [0.15, 0.2) is 94.7 Å². The van der Waals surface area contributed by atoms with Crippen LogP contribution in [0.25, 0.3) is 0 Å². The Morgan fingerprint density at radius 3 is 2.29 bits per heavy atom. The molecule has 1 atom stereocenters. The number of carbonyl (C=O) groups excluding carboxylic acids is 2. The third kappa shape index (κ3) is 6.40. The number of allylic oxidation sites excluding steroid dienone is 2. The maximum atomic E-state index is 13.6. The second-order valence-electron chi connectivity index (χ2n) is 8.63. The van der Waals surface area contributed by atoms with Gasteiger partial charge >= 0.3 is 0 Å². The number of para-hydroxylation sites is 1. The first-order valence-corrected chi connectivity index (χ1v) is 13.4. The highest BCUT2D eigenvalue weighted by atomic mass is 35.5. The molecule has 0 bridgehead atoms. The molecule has 3 aromatic rings.